The van der Waals surface area contributed by atoms with E-state index in [0.717, 1.165) is 25.5 Å². The van der Waals surface area contributed by atoms with Crippen LogP contribution in [-0.2, 0) is 4.74 Å². The van der Waals surface area contributed by atoms with Crippen LogP contribution in [0.15, 0.2) is 0 Å². The van der Waals surface area contributed by atoms with Crippen molar-refractivity contribution in [3.63, 3.8) is 0 Å². The van der Waals surface area contributed by atoms with Crippen LogP contribution >= 0.6 is 0 Å². The van der Waals surface area contributed by atoms with Gasteiger partial charge in [0.25, 0.3) is 0 Å². The Bertz CT molecular complexity index is 165. The van der Waals surface area contributed by atoms with Gasteiger partial charge in [0, 0.05) is 25.8 Å². The van der Waals surface area contributed by atoms with Crippen LogP contribution < -0.4 is 5.32 Å². The van der Waals surface area contributed by atoms with Crippen LogP contribution in [0.2, 0.25) is 0 Å². The van der Waals surface area contributed by atoms with Gasteiger partial charge in [0.1, 0.15) is 0 Å². The van der Waals surface area contributed by atoms with Crippen molar-refractivity contribution in [1.29, 1.82) is 0 Å². The van der Waals surface area contributed by atoms with E-state index < -0.39 is 0 Å². The molecule has 0 aromatic carbocycles. The number of nitrogens with one attached hydrogen (secondary N) is 1. The molecule has 3 heteroatoms. The van der Waals surface area contributed by atoms with E-state index in [2.05, 4.69) is 5.32 Å². The standard InChI is InChI=1S/C11H21NO2/c13-6-5-11(9-3-4-9)12-8-10-2-1-7-14-10/h9-13H,1-8H2. The number of aliphatic hydroxyl groups excluding tert-OH is 1. The van der Waals surface area contributed by atoms with Gasteiger partial charge in [-0.1, -0.05) is 0 Å². The third kappa shape index (κ3) is 2.94. The average Bonchev–Trinajstić information content (AvgIpc) is 2.90. The predicted molar refractivity (Wildman–Crippen MR) is 55.2 cm³/mol. The molecule has 0 amide bonds. The Kier molecular flexibility index (Phi) is 3.79. The quantitative estimate of drug-likeness (QED) is 0.668. The summed E-state index contributed by atoms with van der Waals surface area (Å²) in [5, 5.41) is 12.5. The van der Waals surface area contributed by atoms with Crippen molar-refractivity contribution in [3.8, 4) is 0 Å². The zero-order valence-corrected chi connectivity index (χ0v) is 8.74. The first kappa shape index (κ1) is 10.4. The van der Waals surface area contributed by atoms with Crippen molar-refractivity contribution in [2.24, 2.45) is 5.92 Å². The van der Waals surface area contributed by atoms with E-state index in [1.807, 2.05) is 0 Å². The van der Waals surface area contributed by atoms with Crippen LogP contribution in [0.25, 0.3) is 0 Å². The van der Waals surface area contributed by atoms with Gasteiger partial charge < -0.3 is 15.2 Å². The Hall–Kier alpha value is -0.120. The lowest BCUT2D eigenvalue weighted by atomic mass is 10.1. The summed E-state index contributed by atoms with van der Waals surface area (Å²) < 4.78 is 5.56. The van der Waals surface area contributed by atoms with E-state index in [4.69, 9.17) is 9.84 Å². The summed E-state index contributed by atoms with van der Waals surface area (Å²) >= 11 is 0. The molecule has 1 saturated heterocycles. The summed E-state index contributed by atoms with van der Waals surface area (Å²) in [4.78, 5) is 0. The van der Waals surface area contributed by atoms with Crippen LogP contribution in [0.1, 0.15) is 32.1 Å². The van der Waals surface area contributed by atoms with Crippen molar-refractivity contribution in [1.82, 2.24) is 5.32 Å². The highest BCUT2D eigenvalue weighted by Crippen LogP contribution is 2.33. The summed E-state index contributed by atoms with van der Waals surface area (Å²) in [5.74, 6) is 0.823. The molecule has 2 fully saturated rings. The van der Waals surface area contributed by atoms with Gasteiger partial charge in [-0.2, -0.15) is 0 Å². The fourth-order valence-corrected chi connectivity index (χ4v) is 2.23. The Labute approximate surface area is 85.8 Å². The molecule has 1 saturated carbocycles. The Morgan fingerprint density at radius 3 is 2.79 bits per heavy atom. The minimum absolute atomic E-state index is 0.305. The fourth-order valence-electron chi connectivity index (χ4n) is 2.23. The molecule has 0 bridgehead atoms. The van der Waals surface area contributed by atoms with E-state index in [1.165, 1.54) is 25.7 Å². The molecular formula is C11H21NO2. The molecule has 82 valence electrons. The van der Waals surface area contributed by atoms with Crippen molar-refractivity contribution in [3.05, 3.63) is 0 Å². The lowest BCUT2D eigenvalue weighted by Crippen LogP contribution is -2.37. The molecule has 2 atom stereocenters. The molecule has 0 spiro atoms. The maximum absolute atomic E-state index is 8.93. The van der Waals surface area contributed by atoms with Crippen molar-refractivity contribution < 1.29 is 9.84 Å². The largest absolute Gasteiger partial charge is 0.396 e. The molecule has 14 heavy (non-hydrogen) atoms. The van der Waals surface area contributed by atoms with Crippen molar-refractivity contribution in [2.45, 2.75) is 44.2 Å². The third-order valence-electron chi connectivity index (χ3n) is 3.26. The second-order valence-electron chi connectivity index (χ2n) is 4.50. The molecule has 2 unspecified atom stereocenters. The number of aliphatic hydroxyl groups is 1. The normalized spacial score (nSPS) is 29.4. The molecule has 0 aromatic rings. The Morgan fingerprint density at radius 2 is 2.21 bits per heavy atom. The van der Waals surface area contributed by atoms with Crippen LogP contribution in [0.4, 0.5) is 0 Å². The van der Waals surface area contributed by atoms with E-state index in [1.54, 1.807) is 0 Å². The molecule has 1 aliphatic carbocycles. The van der Waals surface area contributed by atoms with Gasteiger partial charge >= 0.3 is 0 Å². The van der Waals surface area contributed by atoms with Crippen LogP contribution in [0.3, 0.4) is 0 Å². The van der Waals surface area contributed by atoms with E-state index >= 15 is 0 Å². The molecule has 1 heterocycles. The van der Waals surface area contributed by atoms with Gasteiger partial charge in [-0.25, -0.2) is 0 Å². The molecule has 0 radical (unpaired) electrons. The fraction of sp³-hybridized carbons (Fsp3) is 1.00. The van der Waals surface area contributed by atoms with Gasteiger partial charge in [0.15, 0.2) is 0 Å². The van der Waals surface area contributed by atoms with Crippen molar-refractivity contribution in [2.75, 3.05) is 19.8 Å². The van der Waals surface area contributed by atoms with Gasteiger partial charge in [0.05, 0.1) is 6.10 Å². The smallest absolute Gasteiger partial charge is 0.0700 e. The molecule has 2 aliphatic rings. The Balaban J connectivity index is 1.65. The highest BCUT2D eigenvalue weighted by molar-refractivity contribution is 4.87. The number of hydrogen-bond acceptors (Lipinski definition) is 3. The van der Waals surface area contributed by atoms with Gasteiger partial charge in [-0.3, -0.25) is 0 Å². The van der Waals surface area contributed by atoms with Gasteiger partial charge in [-0.15, -0.1) is 0 Å². The van der Waals surface area contributed by atoms with Gasteiger partial charge in [0.2, 0.25) is 0 Å². The number of ether oxygens (including phenoxy) is 1. The summed E-state index contributed by atoms with van der Waals surface area (Å²) in [6, 6.07) is 0.532. The zero-order chi connectivity index (χ0) is 9.80. The monoisotopic (exact) mass is 199 g/mol. The summed E-state index contributed by atoms with van der Waals surface area (Å²) in [6.45, 7) is 2.21. The molecular weight excluding hydrogens is 178 g/mol. The van der Waals surface area contributed by atoms with E-state index in [9.17, 15) is 0 Å². The Morgan fingerprint density at radius 1 is 1.36 bits per heavy atom. The highest BCUT2D eigenvalue weighted by Gasteiger charge is 2.31. The summed E-state index contributed by atoms with van der Waals surface area (Å²) in [7, 11) is 0. The van der Waals surface area contributed by atoms with Crippen LogP contribution in [0, 0.1) is 5.92 Å². The van der Waals surface area contributed by atoms with Crippen molar-refractivity contribution >= 4 is 0 Å². The molecule has 1 aliphatic heterocycles. The maximum atomic E-state index is 8.93. The molecule has 3 nitrogen and oxygen atoms in total. The second kappa shape index (κ2) is 5.10. The van der Waals surface area contributed by atoms with Gasteiger partial charge in [-0.05, 0) is 38.0 Å². The topological polar surface area (TPSA) is 41.5 Å². The van der Waals surface area contributed by atoms with Crippen LogP contribution in [0.5, 0.6) is 0 Å². The first-order chi connectivity index (χ1) is 6.90. The predicted octanol–water partition coefficient (Wildman–Crippen LogP) is 0.916. The number of rotatable bonds is 6. The second-order valence-corrected chi connectivity index (χ2v) is 4.50. The molecule has 2 N–H and O–H groups in total. The number of hydrogen-bond donors (Lipinski definition) is 2. The SMILES string of the molecule is OCCC(NCC1CCCO1)C1CC1. The first-order valence-corrected chi connectivity index (χ1v) is 5.86. The minimum Gasteiger partial charge on any atom is -0.396 e. The highest BCUT2D eigenvalue weighted by atomic mass is 16.5. The van der Waals surface area contributed by atoms with Crippen LogP contribution in [-0.4, -0.2) is 37.0 Å². The van der Waals surface area contributed by atoms with E-state index in [-0.39, 0.29) is 0 Å². The lowest BCUT2D eigenvalue weighted by molar-refractivity contribution is 0.105. The van der Waals surface area contributed by atoms with E-state index in [0.29, 0.717) is 18.8 Å². The lowest BCUT2D eigenvalue weighted by Gasteiger charge is -2.19. The first-order valence-electron chi connectivity index (χ1n) is 5.86. The molecule has 0 aromatic heterocycles. The minimum atomic E-state index is 0.305. The average molecular weight is 199 g/mol. The summed E-state index contributed by atoms with van der Waals surface area (Å²) in [6.07, 6.45) is 6.41. The third-order valence-corrected chi connectivity index (χ3v) is 3.26. The zero-order valence-electron chi connectivity index (χ0n) is 8.74. The molecule has 2 rings (SSSR count). The summed E-state index contributed by atoms with van der Waals surface area (Å²) in [5.41, 5.74) is 0. The maximum Gasteiger partial charge on any atom is 0.0700 e.